The van der Waals surface area contributed by atoms with E-state index in [1.165, 1.54) is 105 Å². The van der Waals surface area contributed by atoms with E-state index in [4.69, 9.17) is 0 Å². The number of aromatic nitrogens is 1. The van der Waals surface area contributed by atoms with Crippen LogP contribution in [-0.4, -0.2) is 4.57 Å². The average Bonchev–Trinajstić information content (AvgIpc) is 3.49. The summed E-state index contributed by atoms with van der Waals surface area (Å²) in [5, 5.41) is 7.83. The molecule has 2 aliphatic heterocycles. The fourth-order valence-electron chi connectivity index (χ4n) is 9.83. The molecule has 0 aliphatic carbocycles. The molecule has 0 atom stereocenters. The monoisotopic (exact) mass is 651 g/mol. The van der Waals surface area contributed by atoms with Gasteiger partial charge in [-0.05, 0) is 101 Å². The van der Waals surface area contributed by atoms with E-state index in [-0.39, 0.29) is 10.8 Å². The van der Waals surface area contributed by atoms with Crippen molar-refractivity contribution >= 4 is 43.4 Å². The van der Waals surface area contributed by atoms with E-state index in [1.807, 2.05) is 0 Å². The standard InChI is InChI=1S/C50H37N/c1-49(2)40-24-15-25-41-48(40)51-46-38(26-32(28-42(46)49)30-16-7-5-8-17-30)39-27-33(29-43(47(39)51)50(41,3)4)45-36-22-13-11-20-34(36)44(31-18-9-6-10-19-31)35-21-12-14-23-37(35)45/h5-29H,1-4H3. The first-order chi connectivity index (χ1) is 24.8. The summed E-state index contributed by atoms with van der Waals surface area (Å²) in [6.45, 7) is 9.73. The van der Waals surface area contributed by atoms with Crippen LogP contribution in [-0.2, 0) is 10.8 Å². The van der Waals surface area contributed by atoms with Crippen LogP contribution >= 0.6 is 0 Å². The van der Waals surface area contributed by atoms with Gasteiger partial charge in [0.15, 0.2) is 0 Å². The predicted octanol–water partition coefficient (Wildman–Crippen LogP) is 13.4. The number of hydrogen-bond acceptors (Lipinski definition) is 0. The Balaban J connectivity index is 1.34. The highest BCUT2D eigenvalue weighted by atomic mass is 15.0. The second kappa shape index (κ2) is 9.86. The first kappa shape index (κ1) is 28.9. The van der Waals surface area contributed by atoms with Gasteiger partial charge in [0.2, 0.25) is 0 Å². The van der Waals surface area contributed by atoms with Crippen LogP contribution in [0.15, 0.2) is 152 Å². The van der Waals surface area contributed by atoms with E-state index in [2.05, 4.69) is 184 Å². The number of benzene rings is 8. The molecule has 0 N–H and O–H groups in total. The molecule has 0 bridgehead atoms. The average molecular weight is 652 g/mol. The second-order valence-corrected chi connectivity index (χ2v) is 15.7. The molecule has 0 spiro atoms. The van der Waals surface area contributed by atoms with E-state index in [0.717, 1.165) is 0 Å². The molecule has 0 radical (unpaired) electrons. The van der Waals surface area contributed by atoms with Crippen LogP contribution in [0.25, 0.3) is 82.4 Å². The highest BCUT2D eigenvalue weighted by molar-refractivity contribution is 6.23. The maximum absolute atomic E-state index is 2.64. The Morgan fingerprint density at radius 1 is 0.333 bits per heavy atom. The van der Waals surface area contributed by atoms with Crippen molar-refractivity contribution in [2.45, 2.75) is 38.5 Å². The largest absolute Gasteiger partial charge is 0.308 e. The van der Waals surface area contributed by atoms with Gasteiger partial charge in [-0.1, -0.05) is 155 Å². The third-order valence-electron chi connectivity index (χ3n) is 12.3. The van der Waals surface area contributed by atoms with Crippen molar-refractivity contribution in [2.75, 3.05) is 0 Å². The molecule has 0 amide bonds. The Hall–Kier alpha value is -5.92. The molecule has 0 fully saturated rings. The maximum atomic E-state index is 2.64. The number of nitrogens with zero attached hydrogens (tertiary/aromatic N) is 1. The molecule has 0 saturated carbocycles. The zero-order valence-electron chi connectivity index (χ0n) is 29.4. The molecule has 9 aromatic rings. The quantitative estimate of drug-likeness (QED) is 0.168. The highest BCUT2D eigenvalue weighted by Gasteiger charge is 2.43. The SMILES string of the molecule is CC1(C)c2cccc3c2-n2c4c1cc(-c1ccccc1)cc4c1cc(-c4c5ccccc5c(-c5ccccc5)c5ccccc45)cc(c12)C3(C)C. The fourth-order valence-corrected chi connectivity index (χ4v) is 9.83. The summed E-state index contributed by atoms with van der Waals surface area (Å²) in [4.78, 5) is 0. The summed E-state index contributed by atoms with van der Waals surface area (Å²) < 4.78 is 2.64. The van der Waals surface area contributed by atoms with Crippen LogP contribution in [0.1, 0.15) is 49.9 Å². The zero-order valence-corrected chi connectivity index (χ0v) is 29.4. The van der Waals surface area contributed by atoms with E-state index >= 15 is 0 Å². The molecule has 11 rings (SSSR count). The summed E-state index contributed by atoms with van der Waals surface area (Å²) in [7, 11) is 0. The number of fused-ring (bicyclic) bond motifs is 3. The van der Waals surface area contributed by atoms with Crippen LogP contribution in [0.3, 0.4) is 0 Å². The van der Waals surface area contributed by atoms with Crippen LogP contribution in [0.5, 0.6) is 0 Å². The lowest BCUT2D eigenvalue weighted by atomic mass is 9.68. The van der Waals surface area contributed by atoms with Crippen molar-refractivity contribution in [1.29, 1.82) is 0 Å². The topological polar surface area (TPSA) is 4.93 Å². The zero-order chi connectivity index (χ0) is 34.2. The Bertz CT molecular complexity index is 2880. The van der Waals surface area contributed by atoms with Crippen LogP contribution in [0.4, 0.5) is 0 Å². The fraction of sp³-hybridized carbons (Fsp3) is 0.120. The molecule has 1 aromatic heterocycles. The third-order valence-corrected chi connectivity index (χ3v) is 12.3. The van der Waals surface area contributed by atoms with Gasteiger partial charge < -0.3 is 4.57 Å². The van der Waals surface area contributed by atoms with Crippen molar-refractivity contribution in [3.05, 3.63) is 174 Å². The molecule has 1 heteroatoms. The first-order valence-corrected chi connectivity index (χ1v) is 18.2. The van der Waals surface area contributed by atoms with Gasteiger partial charge in [0, 0.05) is 21.6 Å². The van der Waals surface area contributed by atoms with E-state index in [1.54, 1.807) is 0 Å². The Morgan fingerprint density at radius 2 is 0.745 bits per heavy atom. The number of para-hydroxylation sites is 1. The van der Waals surface area contributed by atoms with Crippen molar-refractivity contribution in [2.24, 2.45) is 0 Å². The minimum atomic E-state index is -0.199. The molecule has 8 aromatic carbocycles. The van der Waals surface area contributed by atoms with Crippen molar-refractivity contribution in [3.63, 3.8) is 0 Å². The lowest BCUT2D eigenvalue weighted by Crippen LogP contribution is -2.33. The normalized spacial score (nSPS) is 15.0. The van der Waals surface area contributed by atoms with Crippen molar-refractivity contribution < 1.29 is 0 Å². The Morgan fingerprint density at radius 3 is 1.25 bits per heavy atom. The molecule has 1 nitrogen and oxygen atoms in total. The van der Waals surface area contributed by atoms with Gasteiger partial charge >= 0.3 is 0 Å². The summed E-state index contributed by atoms with van der Waals surface area (Å²) in [6, 6.07) is 56.9. The molecular formula is C50H37N. The Labute approximate surface area is 298 Å². The van der Waals surface area contributed by atoms with Gasteiger partial charge in [-0.15, -0.1) is 0 Å². The molecule has 2 aliphatic rings. The predicted molar refractivity (Wildman–Crippen MR) is 216 cm³/mol. The summed E-state index contributed by atoms with van der Waals surface area (Å²) in [5.74, 6) is 0. The van der Waals surface area contributed by atoms with Gasteiger partial charge in [0.1, 0.15) is 0 Å². The highest BCUT2D eigenvalue weighted by Crippen LogP contribution is 2.57. The maximum Gasteiger partial charge on any atom is 0.0582 e. The lowest BCUT2D eigenvalue weighted by Gasteiger charge is -2.42. The molecule has 242 valence electrons. The molecule has 0 saturated heterocycles. The molecule has 3 heterocycles. The van der Waals surface area contributed by atoms with Gasteiger partial charge in [-0.2, -0.15) is 0 Å². The van der Waals surface area contributed by atoms with Gasteiger partial charge in [-0.25, -0.2) is 0 Å². The summed E-state index contributed by atoms with van der Waals surface area (Å²) in [6.07, 6.45) is 0. The van der Waals surface area contributed by atoms with E-state index in [9.17, 15) is 0 Å². The Kier molecular flexibility index (Phi) is 5.58. The molecule has 51 heavy (non-hydrogen) atoms. The second-order valence-electron chi connectivity index (χ2n) is 15.7. The minimum Gasteiger partial charge on any atom is -0.308 e. The van der Waals surface area contributed by atoms with Crippen molar-refractivity contribution in [3.8, 4) is 39.1 Å². The summed E-state index contributed by atoms with van der Waals surface area (Å²) >= 11 is 0. The minimum absolute atomic E-state index is 0.158. The molecule has 0 unspecified atom stereocenters. The summed E-state index contributed by atoms with van der Waals surface area (Å²) in [5.41, 5.74) is 17.0. The van der Waals surface area contributed by atoms with Crippen LogP contribution < -0.4 is 0 Å². The smallest absolute Gasteiger partial charge is 0.0582 e. The van der Waals surface area contributed by atoms with Crippen molar-refractivity contribution in [1.82, 2.24) is 4.57 Å². The van der Waals surface area contributed by atoms with Gasteiger partial charge in [-0.3, -0.25) is 0 Å². The van der Waals surface area contributed by atoms with E-state index in [0.29, 0.717) is 0 Å². The van der Waals surface area contributed by atoms with Crippen LogP contribution in [0.2, 0.25) is 0 Å². The molecular weight excluding hydrogens is 615 g/mol. The number of rotatable bonds is 3. The lowest BCUT2D eigenvalue weighted by molar-refractivity contribution is 0.594. The third kappa shape index (κ3) is 3.66. The van der Waals surface area contributed by atoms with Crippen LogP contribution in [0, 0.1) is 0 Å². The van der Waals surface area contributed by atoms with Gasteiger partial charge in [0.05, 0.1) is 16.7 Å². The van der Waals surface area contributed by atoms with E-state index < -0.39 is 0 Å². The van der Waals surface area contributed by atoms with Gasteiger partial charge in [0.25, 0.3) is 0 Å². The number of hydrogen-bond donors (Lipinski definition) is 0. The first-order valence-electron chi connectivity index (χ1n) is 18.2.